The maximum absolute atomic E-state index is 5.77. The molecule has 104 valence electrons. The molecular weight excluding hydrogens is 210 g/mol. The lowest BCUT2D eigenvalue weighted by Crippen LogP contribution is -2.10. The zero-order chi connectivity index (χ0) is 12.8. The molecule has 1 atom stereocenters. The zero-order valence-corrected chi connectivity index (χ0v) is 12.3. The minimum Gasteiger partial charge on any atom is -0.381 e. The lowest BCUT2D eigenvalue weighted by atomic mass is 10.0. The van der Waals surface area contributed by atoms with Crippen molar-refractivity contribution in [3.8, 4) is 0 Å². The van der Waals surface area contributed by atoms with Gasteiger partial charge in [0.25, 0.3) is 0 Å². The molecule has 0 amide bonds. The molecule has 2 nitrogen and oxygen atoms in total. The van der Waals surface area contributed by atoms with Crippen molar-refractivity contribution in [3.63, 3.8) is 0 Å². The van der Waals surface area contributed by atoms with E-state index in [1.165, 1.54) is 51.4 Å². The Morgan fingerprint density at radius 1 is 1.00 bits per heavy atom. The normalized spacial score (nSPS) is 12.9. The Hall–Kier alpha value is -0.0800. The molecule has 0 saturated carbocycles. The van der Waals surface area contributed by atoms with Gasteiger partial charge >= 0.3 is 0 Å². The van der Waals surface area contributed by atoms with Crippen LogP contribution in [0, 0.1) is 5.92 Å². The van der Waals surface area contributed by atoms with Crippen LogP contribution >= 0.6 is 0 Å². The van der Waals surface area contributed by atoms with Gasteiger partial charge in [-0.2, -0.15) is 0 Å². The van der Waals surface area contributed by atoms with E-state index in [-0.39, 0.29) is 0 Å². The van der Waals surface area contributed by atoms with Crippen LogP contribution in [0.15, 0.2) is 0 Å². The van der Waals surface area contributed by atoms with Crippen LogP contribution in [0.1, 0.15) is 65.2 Å². The number of hydrogen-bond acceptors (Lipinski definition) is 2. The lowest BCUT2D eigenvalue weighted by molar-refractivity contribution is 0.0908. The van der Waals surface area contributed by atoms with Gasteiger partial charge in [0.1, 0.15) is 0 Å². The second kappa shape index (κ2) is 14.0. The molecule has 1 unspecified atom stereocenters. The minimum atomic E-state index is 0.791. The monoisotopic (exact) mass is 243 g/mol. The van der Waals surface area contributed by atoms with Crippen molar-refractivity contribution in [1.29, 1.82) is 0 Å². The highest BCUT2D eigenvalue weighted by molar-refractivity contribution is 4.56. The van der Waals surface area contributed by atoms with Gasteiger partial charge < -0.3 is 10.1 Å². The summed E-state index contributed by atoms with van der Waals surface area (Å²) >= 11 is 0. The summed E-state index contributed by atoms with van der Waals surface area (Å²) in [6, 6.07) is 0. The molecule has 0 aliphatic heterocycles. The SMILES string of the molecule is CCCCC(CC)COCCCCCCNC. The van der Waals surface area contributed by atoms with Crippen LogP contribution in [-0.4, -0.2) is 26.8 Å². The van der Waals surface area contributed by atoms with Gasteiger partial charge in [-0.15, -0.1) is 0 Å². The van der Waals surface area contributed by atoms with E-state index in [1.807, 2.05) is 7.05 Å². The summed E-state index contributed by atoms with van der Waals surface area (Å²) < 4.78 is 5.77. The average molecular weight is 243 g/mol. The molecule has 2 heteroatoms. The van der Waals surface area contributed by atoms with Crippen LogP contribution in [0.2, 0.25) is 0 Å². The number of unbranched alkanes of at least 4 members (excludes halogenated alkanes) is 4. The molecule has 0 aromatic heterocycles. The predicted molar refractivity (Wildman–Crippen MR) is 76.5 cm³/mol. The summed E-state index contributed by atoms with van der Waals surface area (Å²) in [5.41, 5.74) is 0. The second-order valence-electron chi connectivity index (χ2n) is 5.01. The molecule has 0 aromatic carbocycles. The predicted octanol–water partition coefficient (Wildman–Crippen LogP) is 4.00. The molecule has 0 fully saturated rings. The van der Waals surface area contributed by atoms with Crippen molar-refractivity contribution < 1.29 is 4.74 Å². The van der Waals surface area contributed by atoms with E-state index in [0.29, 0.717) is 0 Å². The summed E-state index contributed by atoms with van der Waals surface area (Å²) in [7, 11) is 2.02. The highest BCUT2D eigenvalue weighted by Crippen LogP contribution is 2.13. The standard InChI is InChI=1S/C15H33NO/c1-4-6-11-15(5-2)14-17-13-10-8-7-9-12-16-3/h15-16H,4-14H2,1-3H3. The molecule has 0 aliphatic carbocycles. The molecule has 1 N–H and O–H groups in total. The molecule has 0 spiro atoms. The summed E-state index contributed by atoms with van der Waals surface area (Å²) in [5.74, 6) is 0.791. The Balaban J connectivity index is 3.19. The summed E-state index contributed by atoms with van der Waals surface area (Å²) in [6.07, 6.45) is 10.4. The molecule has 0 radical (unpaired) electrons. The molecule has 0 heterocycles. The second-order valence-corrected chi connectivity index (χ2v) is 5.01. The topological polar surface area (TPSA) is 21.3 Å². The Morgan fingerprint density at radius 3 is 2.41 bits per heavy atom. The van der Waals surface area contributed by atoms with Crippen molar-refractivity contribution >= 4 is 0 Å². The van der Waals surface area contributed by atoms with E-state index in [0.717, 1.165) is 25.7 Å². The zero-order valence-electron chi connectivity index (χ0n) is 12.3. The highest BCUT2D eigenvalue weighted by atomic mass is 16.5. The van der Waals surface area contributed by atoms with Crippen LogP contribution in [0.4, 0.5) is 0 Å². The van der Waals surface area contributed by atoms with Gasteiger partial charge in [0, 0.05) is 13.2 Å². The van der Waals surface area contributed by atoms with Gasteiger partial charge in [0.05, 0.1) is 0 Å². The van der Waals surface area contributed by atoms with Gasteiger partial charge in [-0.25, -0.2) is 0 Å². The first-order valence-electron chi connectivity index (χ1n) is 7.57. The Kier molecular flexibility index (Phi) is 13.9. The van der Waals surface area contributed by atoms with Crippen LogP contribution in [0.25, 0.3) is 0 Å². The number of nitrogens with one attached hydrogen (secondary N) is 1. The van der Waals surface area contributed by atoms with Crippen LogP contribution in [-0.2, 0) is 4.74 Å². The summed E-state index contributed by atoms with van der Waals surface area (Å²) in [6.45, 7) is 7.63. The quantitative estimate of drug-likeness (QED) is 0.494. The van der Waals surface area contributed by atoms with E-state index in [2.05, 4.69) is 19.2 Å². The third kappa shape index (κ3) is 12.2. The third-order valence-corrected chi connectivity index (χ3v) is 3.36. The minimum absolute atomic E-state index is 0.791. The molecule has 0 bridgehead atoms. The van der Waals surface area contributed by atoms with Gasteiger partial charge in [0.15, 0.2) is 0 Å². The Bertz CT molecular complexity index is 139. The van der Waals surface area contributed by atoms with Crippen LogP contribution in [0.5, 0.6) is 0 Å². The number of hydrogen-bond donors (Lipinski definition) is 1. The van der Waals surface area contributed by atoms with Crippen molar-refractivity contribution in [2.45, 2.75) is 65.2 Å². The number of rotatable bonds is 13. The number of ether oxygens (including phenoxy) is 1. The van der Waals surface area contributed by atoms with Crippen LogP contribution < -0.4 is 5.32 Å². The third-order valence-electron chi connectivity index (χ3n) is 3.36. The first kappa shape index (κ1) is 16.9. The van der Waals surface area contributed by atoms with Crippen molar-refractivity contribution in [1.82, 2.24) is 5.32 Å². The van der Waals surface area contributed by atoms with Gasteiger partial charge in [0.2, 0.25) is 0 Å². The fourth-order valence-corrected chi connectivity index (χ4v) is 2.01. The van der Waals surface area contributed by atoms with E-state index in [4.69, 9.17) is 4.74 Å². The first-order valence-corrected chi connectivity index (χ1v) is 7.57. The van der Waals surface area contributed by atoms with Gasteiger partial charge in [-0.3, -0.25) is 0 Å². The van der Waals surface area contributed by atoms with Crippen molar-refractivity contribution in [3.05, 3.63) is 0 Å². The molecule has 0 aliphatic rings. The van der Waals surface area contributed by atoms with E-state index in [9.17, 15) is 0 Å². The molecule has 0 aromatic rings. The van der Waals surface area contributed by atoms with E-state index < -0.39 is 0 Å². The molecule has 0 rings (SSSR count). The maximum atomic E-state index is 5.77. The van der Waals surface area contributed by atoms with Crippen molar-refractivity contribution in [2.75, 3.05) is 26.8 Å². The summed E-state index contributed by atoms with van der Waals surface area (Å²) in [4.78, 5) is 0. The van der Waals surface area contributed by atoms with Gasteiger partial charge in [-0.05, 0) is 38.8 Å². The lowest BCUT2D eigenvalue weighted by Gasteiger charge is -2.14. The fraction of sp³-hybridized carbons (Fsp3) is 1.00. The molecule has 17 heavy (non-hydrogen) atoms. The highest BCUT2D eigenvalue weighted by Gasteiger charge is 2.05. The van der Waals surface area contributed by atoms with E-state index in [1.54, 1.807) is 0 Å². The fourth-order valence-electron chi connectivity index (χ4n) is 2.01. The smallest absolute Gasteiger partial charge is 0.0494 e. The Morgan fingerprint density at radius 2 is 1.76 bits per heavy atom. The van der Waals surface area contributed by atoms with Gasteiger partial charge in [-0.1, -0.05) is 46.0 Å². The largest absolute Gasteiger partial charge is 0.381 e. The summed E-state index contributed by atoms with van der Waals surface area (Å²) in [5, 5.41) is 3.18. The maximum Gasteiger partial charge on any atom is 0.0494 e. The van der Waals surface area contributed by atoms with Crippen molar-refractivity contribution in [2.24, 2.45) is 5.92 Å². The molecular formula is C15H33NO. The van der Waals surface area contributed by atoms with E-state index >= 15 is 0 Å². The molecule has 0 saturated heterocycles. The first-order chi connectivity index (χ1) is 8.35. The Labute approximate surface area is 109 Å². The average Bonchev–Trinajstić information content (AvgIpc) is 2.36. The van der Waals surface area contributed by atoms with Crippen LogP contribution in [0.3, 0.4) is 0 Å².